The van der Waals surface area contributed by atoms with Crippen molar-refractivity contribution in [3.05, 3.63) is 52.4 Å². The second kappa shape index (κ2) is 8.74. The molecule has 0 spiro atoms. The Bertz CT molecular complexity index is 1320. The highest BCUT2D eigenvalue weighted by Gasteiger charge is 2.19. The van der Waals surface area contributed by atoms with Crippen LogP contribution in [0.1, 0.15) is 31.9 Å². The van der Waals surface area contributed by atoms with Gasteiger partial charge in [-0.3, -0.25) is 9.13 Å². The van der Waals surface area contributed by atoms with Crippen LogP contribution in [0.25, 0.3) is 33.2 Å². The van der Waals surface area contributed by atoms with Gasteiger partial charge in [-0.05, 0) is 82.2 Å². The molecule has 0 aliphatic rings. The highest BCUT2D eigenvalue weighted by molar-refractivity contribution is 6.03. The first-order valence-electron chi connectivity index (χ1n) is 11.0. The average Bonchev–Trinajstić information content (AvgIpc) is 3.02. The van der Waals surface area contributed by atoms with E-state index in [4.69, 9.17) is 4.74 Å². The molecule has 4 rings (SSSR count). The lowest BCUT2D eigenvalue weighted by Crippen LogP contribution is -2.23. The quantitative estimate of drug-likeness (QED) is 0.409. The third-order valence-corrected chi connectivity index (χ3v) is 5.81. The van der Waals surface area contributed by atoms with Gasteiger partial charge in [0.1, 0.15) is 11.3 Å². The molecule has 0 atom stereocenters. The number of fused-ring (bicyclic) bond motifs is 3. The summed E-state index contributed by atoms with van der Waals surface area (Å²) in [5.41, 5.74) is 5.48. The van der Waals surface area contributed by atoms with Gasteiger partial charge in [-0.25, -0.2) is 4.79 Å². The Morgan fingerprint density at radius 1 is 1.09 bits per heavy atom. The molecule has 0 unspecified atom stereocenters. The molecule has 0 N–H and O–H groups in total. The van der Waals surface area contributed by atoms with Crippen molar-refractivity contribution >= 4 is 22.1 Å². The van der Waals surface area contributed by atoms with Gasteiger partial charge >= 0.3 is 5.69 Å². The SMILES string of the molecule is Cc1cc2nnc3c(c2cc1-c1ccc(OCCCN(C)C)cc1)n(C(C)C)c(=O)n3C. The average molecular weight is 434 g/mol. The lowest BCUT2D eigenvalue weighted by Gasteiger charge is -2.13. The van der Waals surface area contributed by atoms with Crippen molar-refractivity contribution in [3.8, 4) is 16.9 Å². The van der Waals surface area contributed by atoms with Crippen molar-refractivity contribution in [2.45, 2.75) is 33.2 Å². The summed E-state index contributed by atoms with van der Waals surface area (Å²) in [6.07, 6.45) is 0.990. The Hall–Kier alpha value is -3.19. The first-order chi connectivity index (χ1) is 15.3. The van der Waals surface area contributed by atoms with Crippen LogP contribution in [-0.4, -0.2) is 51.5 Å². The number of aryl methyl sites for hydroxylation is 2. The summed E-state index contributed by atoms with van der Waals surface area (Å²) in [6.45, 7) is 7.81. The maximum Gasteiger partial charge on any atom is 0.330 e. The number of nitrogens with zero attached hydrogens (tertiary/aromatic N) is 5. The molecule has 32 heavy (non-hydrogen) atoms. The zero-order chi connectivity index (χ0) is 23.0. The second-order valence-corrected chi connectivity index (χ2v) is 8.89. The number of benzene rings is 2. The van der Waals surface area contributed by atoms with Gasteiger partial charge in [0, 0.05) is 25.0 Å². The van der Waals surface area contributed by atoms with E-state index in [1.54, 1.807) is 16.2 Å². The molecule has 2 aromatic heterocycles. The number of ether oxygens (including phenoxy) is 1. The standard InChI is InChI=1S/C25H31N5O2/c1-16(2)30-23-21-15-20(17(3)14-22(21)26-27-24(23)29(6)25(30)31)18-8-10-19(11-9-18)32-13-7-12-28(4)5/h8-11,14-16H,7,12-13H2,1-6H3. The highest BCUT2D eigenvalue weighted by Crippen LogP contribution is 2.32. The van der Waals surface area contributed by atoms with Gasteiger partial charge in [-0.15, -0.1) is 10.2 Å². The van der Waals surface area contributed by atoms with E-state index in [-0.39, 0.29) is 11.7 Å². The molecular formula is C25H31N5O2. The molecule has 0 fully saturated rings. The minimum atomic E-state index is -0.0744. The lowest BCUT2D eigenvalue weighted by atomic mass is 9.98. The van der Waals surface area contributed by atoms with E-state index in [1.165, 1.54) is 0 Å². The molecule has 4 aromatic rings. The Balaban J connectivity index is 1.75. The summed E-state index contributed by atoms with van der Waals surface area (Å²) in [5, 5.41) is 9.68. The highest BCUT2D eigenvalue weighted by atomic mass is 16.5. The Morgan fingerprint density at radius 2 is 1.81 bits per heavy atom. The predicted molar refractivity (Wildman–Crippen MR) is 129 cm³/mol. The summed E-state index contributed by atoms with van der Waals surface area (Å²) in [4.78, 5) is 15.0. The molecule has 7 heteroatoms. The normalized spacial score (nSPS) is 11.9. The number of rotatable bonds is 7. The van der Waals surface area contributed by atoms with E-state index < -0.39 is 0 Å². The number of aromatic nitrogens is 4. The number of hydrogen-bond acceptors (Lipinski definition) is 5. The first-order valence-corrected chi connectivity index (χ1v) is 11.0. The van der Waals surface area contributed by atoms with Gasteiger partial charge in [0.25, 0.3) is 0 Å². The van der Waals surface area contributed by atoms with E-state index in [0.717, 1.165) is 51.8 Å². The van der Waals surface area contributed by atoms with Crippen LogP contribution in [0.4, 0.5) is 0 Å². The van der Waals surface area contributed by atoms with E-state index in [2.05, 4.69) is 54.3 Å². The summed E-state index contributed by atoms with van der Waals surface area (Å²) < 4.78 is 9.25. The maximum atomic E-state index is 12.8. The van der Waals surface area contributed by atoms with Crippen LogP contribution in [0, 0.1) is 6.92 Å². The predicted octanol–water partition coefficient (Wildman–Crippen LogP) is 4.17. The Labute approximate surface area is 188 Å². The van der Waals surface area contributed by atoms with Crippen LogP contribution in [0.2, 0.25) is 0 Å². The van der Waals surface area contributed by atoms with Gasteiger partial charge < -0.3 is 9.64 Å². The molecule has 168 valence electrons. The second-order valence-electron chi connectivity index (χ2n) is 8.89. The van der Waals surface area contributed by atoms with Gasteiger partial charge in [-0.2, -0.15) is 0 Å². The molecule has 2 heterocycles. The molecule has 0 saturated carbocycles. The zero-order valence-electron chi connectivity index (χ0n) is 19.7. The molecule has 0 aliphatic carbocycles. The topological polar surface area (TPSA) is 65.2 Å². The van der Waals surface area contributed by atoms with Crippen molar-refractivity contribution < 1.29 is 4.74 Å². The summed E-state index contributed by atoms with van der Waals surface area (Å²) >= 11 is 0. The first kappa shape index (κ1) is 22.0. The van der Waals surface area contributed by atoms with Crippen molar-refractivity contribution in [1.29, 1.82) is 0 Å². The third-order valence-electron chi connectivity index (χ3n) is 5.81. The van der Waals surface area contributed by atoms with Crippen LogP contribution in [0.5, 0.6) is 5.75 Å². The molecule has 2 aromatic carbocycles. The maximum absolute atomic E-state index is 12.8. The molecular weight excluding hydrogens is 402 g/mol. The van der Waals surface area contributed by atoms with E-state index in [0.29, 0.717) is 12.3 Å². The molecule has 0 aliphatic heterocycles. The molecule has 0 radical (unpaired) electrons. The van der Waals surface area contributed by atoms with Crippen LogP contribution < -0.4 is 10.4 Å². The van der Waals surface area contributed by atoms with Crippen molar-refractivity contribution in [2.75, 3.05) is 27.2 Å². The molecule has 0 saturated heterocycles. The fraction of sp³-hybridized carbons (Fsp3) is 0.400. The third kappa shape index (κ3) is 4.00. The molecule has 0 bridgehead atoms. The van der Waals surface area contributed by atoms with Gasteiger partial charge in [0.05, 0.1) is 12.1 Å². The minimum absolute atomic E-state index is 0.0206. The van der Waals surface area contributed by atoms with Crippen LogP contribution in [-0.2, 0) is 7.05 Å². The van der Waals surface area contributed by atoms with E-state index in [1.807, 2.05) is 32.0 Å². The van der Waals surface area contributed by atoms with Crippen molar-refractivity contribution in [1.82, 2.24) is 24.2 Å². The molecule has 7 nitrogen and oxygen atoms in total. The Kier molecular flexibility index (Phi) is 6.02. The summed E-state index contributed by atoms with van der Waals surface area (Å²) in [6, 6.07) is 12.4. The largest absolute Gasteiger partial charge is 0.494 e. The van der Waals surface area contributed by atoms with Crippen LogP contribution in [0.15, 0.2) is 41.2 Å². The zero-order valence-corrected chi connectivity index (χ0v) is 19.7. The smallest absolute Gasteiger partial charge is 0.330 e. The van der Waals surface area contributed by atoms with Crippen molar-refractivity contribution in [3.63, 3.8) is 0 Å². The van der Waals surface area contributed by atoms with Crippen LogP contribution >= 0.6 is 0 Å². The fourth-order valence-corrected chi connectivity index (χ4v) is 4.14. The Morgan fingerprint density at radius 3 is 2.47 bits per heavy atom. The number of hydrogen-bond donors (Lipinski definition) is 0. The van der Waals surface area contributed by atoms with E-state index in [9.17, 15) is 4.79 Å². The van der Waals surface area contributed by atoms with Gasteiger partial charge in [-0.1, -0.05) is 12.1 Å². The summed E-state index contributed by atoms with van der Waals surface area (Å²) in [7, 11) is 5.88. The van der Waals surface area contributed by atoms with Gasteiger partial charge in [0.15, 0.2) is 5.65 Å². The monoisotopic (exact) mass is 433 g/mol. The van der Waals surface area contributed by atoms with Crippen LogP contribution in [0.3, 0.4) is 0 Å². The van der Waals surface area contributed by atoms with Gasteiger partial charge in [0.2, 0.25) is 0 Å². The molecule has 0 amide bonds. The minimum Gasteiger partial charge on any atom is -0.494 e. The summed E-state index contributed by atoms with van der Waals surface area (Å²) in [5.74, 6) is 0.871. The lowest BCUT2D eigenvalue weighted by molar-refractivity contribution is 0.281. The number of imidazole rings is 1. The van der Waals surface area contributed by atoms with E-state index >= 15 is 0 Å². The fourth-order valence-electron chi connectivity index (χ4n) is 4.14. The van der Waals surface area contributed by atoms with Crippen molar-refractivity contribution in [2.24, 2.45) is 7.05 Å².